The Bertz CT molecular complexity index is 1350. The number of nitrogens with one attached hydrogen (secondary N) is 1. The number of nitrogens with zero attached hydrogens (tertiary/aromatic N) is 2. The Labute approximate surface area is 242 Å². The molecule has 2 saturated heterocycles. The number of carbonyl (C=O) groups excluding carboxylic acids is 3. The zero-order valence-corrected chi connectivity index (χ0v) is 24.0. The zero-order valence-electron chi connectivity index (χ0n) is 24.0. The second kappa shape index (κ2) is 13.0. The molecule has 2 heterocycles. The van der Waals surface area contributed by atoms with Crippen molar-refractivity contribution in [2.75, 3.05) is 38.1 Å². The Morgan fingerprint density at radius 2 is 1.44 bits per heavy atom. The summed E-state index contributed by atoms with van der Waals surface area (Å²) in [7, 11) is 0. The van der Waals surface area contributed by atoms with Crippen molar-refractivity contribution in [2.45, 2.75) is 45.4 Å². The first-order valence-corrected chi connectivity index (χ1v) is 14.7. The summed E-state index contributed by atoms with van der Waals surface area (Å²) in [6, 6.07) is 24.0. The fourth-order valence-electron chi connectivity index (χ4n) is 5.92. The van der Waals surface area contributed by atoms with Crippen LogP contribution < -0.4 is 5.32 Å². The number of aryl methyl sites for hydroxylation is 1. The minimum atomic E-state index is -0.281. The molecule has 0 spiro atoms. The predicted molar refractivity (Wildman–Crippen MR) is 161 cm³/mol. The molecule has 0 radical (unpaired) electrons. The SMILES string of the molecule is CCOC(=O)N1CCC(C(=O)N2CCC(c3ccc(NC(=O)c4ccccc4-c4ccc(C)cc4)cc3)CC2)CC1. The van der Waals surface area contributed by atoms with E-state index in [1.807, 2.05) is 53.4 Å². The minimum Gasteiger partial charge on any atom is -0.450 e. The molecule has 0 aliphatic carbocycles. The van der Waals surface area contributed by atoms with Crippen LogP contribution in [0.25, 0.3) is 11.1 Å². The molecule has 7 nitrogen and oxygen atoms in total. The molecule has 41 heavy (non-hydrogen) atoms. The van der Waals surface area contributed by atoms with Crippen molar-refractivity contribution in [3.05, 3.63) is 89.5 Å². The lowest BCUT2D eigenvalue weighted by atomic mass is 9.88. The summed E-state index contributed by atoms with van der Waals surface area (Å²) < 4.78 is 5.09. The van der Waals surface area contributed by atoms with Gasteiger partial charge in [0.15, 0.2) is 0 Å². The first-order valence-electron chi connectivity index (χ1n) is 14.7. The van der Waals surface area contributed by atoms with Gasteiger partial charge in [0.2, 0.25) is 5.91 Å². The lowest BCUT2D eigenvalue weighted by Crippen LogP contribution is -2.46. The van der Waals surface area contributed by atoms with Gasteiger partial charge in [-0.05, 0) is 80.3 Å². The molecule has 5 rings (SSSR count). The maximum absolute atomic E-state index is 13.2. The van der Waals surface area contributed by atoms with Gasteiger partial charge in [0.05, 0.1) is 6.61 Å². The van der Waals surface area contributed by atoms with Crippen LogP contribution in [0.3, 0.4) is 0 Å². The highest BCUT2D eigenvalue weighted by Crippen LogP contribution is 2.31. The largest absolute Gasteiger partial charge is 0.450 e. The number of rotatable bonds is 6. The normalized spacial score (nSPS) is 16.3. The molecule has 2 aliphatic heterocycles. The average molecular weight is 554 g/mol. The summed E-state index contributed by atoms with van der Waals surface area (Å²) in [5.74, 6) is 0.456. The molecule has 0 bridgehead atoms. The highest BCUT2D eigenvalue weighted by molar-refractivity contribution is 6.08. The molecular weight excluding hydrogens is 514 g/mol. The summed E-state index contributed by atoms with van der Waals surface area (Å²) in [6.45, 7) is 6.87. The molecule has 214 valence electrons. The van der Waals surface area contributed by atoms with Gasteiger partial charge in [-0.25, -0.2) is 4.79 Å². The monoisotopic (exact) mass is 553 g/mol. The van der Waals surface area contributed by atoms with Crippen LogP contribution in [0.15, 0.2) is 72.8 Å². The van der Waals surface area contributed by atoms with Crippen molar-refractivity contribution in [2.24, 2.45) is 5.92 Å². The molecule has 3 aromatic rings. The molecule has 0 saturated carbocycles. The van der Waals surface area contributed by atoms with Crippen LogP contribution in [0.2, 0.25) is 0 Å². The third-order valence-electron chi connectivity index (χ3n) is 8.35. The maximum atomic E-state index is 13.2. The number of likely N-dealkylation sites (tertiary alicyclic amines) is 2. The van der Waals surface area contributed by atoms with Crippen molar-refractivity contribution in [1.29, 1.82) is 0 Å². The van der Waals surface area contributed by atoms with E-state index in [0.29, 0.717) is 44.0 Å². The number of anilines is 1. The first kappa shape index (κ1) is 28.4. The van der Waals surface area contributed by atoms with Crippen LogP contribution in [-0.2, 0) is 9.53 Å². The van der Waals surface area contributed by atoms with Gasteiger partial charge in [-0.15, -0.1) is 0 Å². The zero-order chi connectivity index (χ0) is 28.8. The van der Waals surface area contributed by atoms with Crippen molar-refractivity contribution in [3.63, 3.8) is 0 Å². The van der Waals surface area contributed by atoms with Crippen LogP contribution in [0.5, 0.6) is 0 Å². The molecule has 3 amide bonds. The van der Waals surface area contributed by atoms with E-state index in [1.54, 1.807) is 11.8 Å². The van der Waals surface area contributed by atoms with Crippen molar-refractivity contribution < 1.29 is 19.1 Å². The van der Waals surface area contributed by atoms with Crippen LogP contribution in [0.1, 0.15) is 60.0 Å². The van der Waals surface area contributed by atoms with E-state index in [1.165, 1.54) is 11.1 Å². The minimum absolute atomic E-state index is 0.0174. The van der Waals surface area contributed by atoms with Crippen molar-refractivity contribution in [3.8, 4) is 11.1 Å². The summed E-state index contributed by atoms with van der Waals surface area (Å²) in [5.41, 5.74) is 5.75. The van der Waals surface area contributed by atoms with Gasteiger partial charge in [-0.2, -0.15) is 0 Å². The molecule has 2 aliphatic rings. The van der Waals surface area contributed by atoms with E-state index in [-0.39, 0.29) is 23.8 Å². The van der Waals surface area contributed by atoms with E-state index >= 15 is 0 Å². The Hall–Kier alpha value is -4.13. The topological polar surface area (TPSA) is 79.0 Å². The van der Waals surface area contributed by atoms with Crippen molar-refractivity contribution >= 4 is 23.6 Å². The van der Waals surface area contributed by atoms with Crippen LogP contribution in [0.4, 0.5) is 10.5 Å². The van der Waals surface area contributed by atoms with Gasteiger partial charge in [0.1, 0.15) is 0 Å². The van der Waals surface area contributed by atoms with E-state index in [0.717, 1.165) is 42.7 Å². The highest BCUT2D eigenvalue weighted by atomic mass is 16.6. The second-order valence-electron chi connectivity index (χ2n) is 11.0. The maximum Gasteiger partial charge on any atom is 0.409 e. The van der Waals surface area contributed by atoms with E-state index in [9.17, 15) is 14.4 Å². The van der Waals surface area contributed by atoms with E-state index in [4.69, 9.17) is 4.74 Å². The molecule has 0 unspecified atom stereocenters. The highest BCUT2D eigenvalue weighted by Gasteiger charge is 2.32. The molecule has 0 aromatic heterocycles. The van der Waals surface area contributed by atoms with Crippen LogP contribution in [0, 0.1) is 12.8 Å². The van der Waals surface area contributed by atoms with Crippen molar-refractivity contribution in [1.82, 2.24) is 9.80 Å². The fourth-order valence-corrected chi connectivity index (χ4v) is 5.92. The quantitative estimate of drug-likeness (QED) is 0.379. The Balaban J connectivity index is 1.13. The van der Waals surface area contributed by atoms with Gasteiger partial charge in [-0.3, -0.25) is 9.59 Å². The second-order valence-corrected chi connectivity index (χ2v) is 11.0. The molecular formula is C34H39N3O4. The number of piperidine rings is 2. The Morgan fingerprint density at radius 3 is 2.10 bits per heavy atom. The fraction of sp³-hybridized carbons (Fsp3) is 0.382. The smallest absolute Gasteiger partial charge is 0.409 e. The lowest BCUT2D eigenvalue weighted by Gasteiger charge is -2.37. The Morgan fingerprint density at radius 1 is 0.805 bits per heavy atom. The standard InChI is InChI=1S/C34H39N3O4/c1-3-41-34(40)37-22-18-28(19-23-37)33(39)36-20-16-26(17-21-36)25-12-14-29(15-13-25)35-32(38)31-7-5-4-6-30(31)27-10-8-24(2)9-11-27/h4-15,26,28H,3,16-23H2,1-2H3,(H,35,38). The third-order valence-corrected chi connectivity index (χ3v) is 8.35. The Kier molecular flexibility index (Phi) is 9.02. The van der Waals surface area contributed by atoms with Crippen LogP contribution >= 0.6 is 0 Å². The number of ether oxygens (including phenoxy) is 1. The van der Waals surface area contributed by atoms with Crippen LogP contribution in [-0.4, -0.2) is 60.5 Å². The molecule has 1 N–H and O–H groups in total. The third kappa shape index (κ3) is 6.79. The van der Waals surface area contributed by atoms with Gasteiger partial charge in [0.25, 0.3) is 5.91 Å². The summed E-state index contributed by atoms with van der Waals surface area (Å²) in [6.07, 6.45) is 2.95. The number of hydrogen-bond donors (Lipinski definition) is 1. The molecule has 7 heteroatoms. The number of hydrogen-bond acceptors (Lipinski definition) is 4. The number of carbonyl (C=O) groups is 3. The first-order chi connectivity index (χ1) is 19.9. The summed E-state index contributed by atoms with van der Waals surface area (Å²) in [4.78, 5) is 42.0. The number of benzene rings is 3. The number of amides is 3. The molecule has 3 aromatic carbocycles. The lowest BCUT2D eigenvalue weighted by molar-refractivity contribution is -0.138. The molecule has 0 atom stereocenters. The van der Waals surface area contributed by atoms with E-state index in [2.05, 4.69) is 36.5 Å². The summed E-state index contributed by atoms with van der Waals surface area (Å²) in [5, 5.41) is 3.06. The van der Waals surface area contributed by atoms with Gasteiger partial charge in [-0.1, -0.05) is 60.2 Å². The van der Waals surface area contributed by atoms with Gasteiger partial charge < -0.3 is 19.9 Å². The molecule has 2 fully saturated rings. The average Bonchev–Trinajstić information content (AvgIpc) is 3.02. The van der Waals surface area contributed by atoms with E-state index < -0.39 is 0 Å². The summed E-state index contributed by atoms with van der Waals surface area (Å²) >= 11 is 0. The van der Waals surface area contributed by atoms with Gasteiger partial charge in [0, 0.05) is 43.3 Å². The van der Waals surface area contributed by atoms with Gasteiger partial charge >= 0.3 is 6.09 Å². The predicted octanol–water partition coefficient (Wildman–Crippen LogP) is 6.49.